The van der Waals surface area contributed by atoms with Crippen molar-refractivity contribution >= 4 is 28.9 Å². The Labute approximate surface area is 121 Å². The van der Waals surface area contributed by atoms with Gasteiger partial charge in [0.25, 0.3) is 0 Å². The smallest absolute Gasteiger partial charge is 0.0823 e. The van der Waals surface area contributed by atoms with Gasteiger partial charge in [-0.3, -0.25) is 0 Å². The molecule has 0 atom stereocenters. The molecule has 3 heteroatoms. The van der Waals surface area contributed by atoms with Crippen LogP contribution in [0.2, 0.25) is 10.0 Å². The van der Waals surface area contributed by atoms with Crippen molar-refractivity contribution in [1.29, 1.82) is 0 Å². The highest BCUT2D eigenvalue weighted by Gasteiger charge is 2.02. The molecule has 0 amide bonds. The molecule has 0 bridgehead atoms. The summed E-state index contributed by atoms with van der Waals surface area (Å²) in [7, 11) is 0. The molecule has 18 heavy (non-hydrogen) atoms. The normalized spacial score (nSPS) is 10.6. The van der Waals surface area contributed by atoms with Crippen molar-refractivity contribution < 1.29 is 0 Å². The number of benzene rings is 1. The first-order valence-corrected chi connectivity index (χ1v) is 7.69. The Morgan fingerprint density at radius 3 is 2.33 bits per heavy atom. The average molecular weight is 288 g/mol. The molecule has 0 fully saturated rings. The summed E-state index contributed by atoms with van der Waals surface area (Å²) >= 11 is 12.0. The Balaban J connectivity index is 2.09. The minimum Gasteiger partial charge on any atom is -0.384 e. The Morgan fingerprint density at radius 2 is 1.61 bits per heavy atom. The zero-order valence-electron chi connectivity index (χ0n) is 11.1. The summed E-state index contributed by atoms with van der Waals surface area (Å²) < 4.78 is 0. The van der Waals surface area contributed by atoms with E-state index in [1.165, 1.54) is 44.9 Å². The van der Waals surface area contributed by atoms with Crippen LogP contribution in [0.25, 0.3) is 0 Å². The molecule has 0 aromatic heterocycles. The summed E-state index contributed by atoms with van der Waals surface area (Å²) in [5.74, 6) is 0. The molecule has 0 unspecified atom stereocenters. The van der Waals surface area contributed by atoms with E-state index >= 15 is 0 Å². The zero-order chi connectivity index (χ0) is 13.2. The minimum absolute atomic E-state index is 0.612. The number of halogens is 2. The predicted molar refractivity (Wildman–Crippen MR) is 82.9 cm³/mol. The monoisotopic (exact) mass is 287 g/mol. The van der Waals surface area contributed by atoms with Crippen molar-refractivity contribution in [2.75, 3.05) is 11.9 Å². The summed E-state index contributed by atoms with van der Waals surface area (Å²) in [5.41, 5.74) is 0.940. The lowest BCUT2D eigenvalue weighted by Crippen LogP contribution is -2.01. The molecule has 1 N–H and O–H groups in total. The predicted octanol–water partition coefficient (Wildman–Crippen LogP) is 6.16. The van der Waals surface area contributed by atoms with Gasteiger partial charge in [0.1, 0.15) is 0 Å². The van der Waals surface area contributed by atoms with Crippen molar-refractivity contribution in [2.24, 2.45) is 0 Å². The van der Waals surface area contributed by atoms with E-state index in [9.17, 15) is 0 Å². The van der Waals surface area contributed by atoms with Gasteiger partial charge < -0.3 is 5.32 Å². The number of anilines is 1. The molecule has 0 aliphatic rings. The van der Waals surface area contributed by atoms with Crippen LogP contribution in [0, 0.1) is 0 Å². The first-order valence-electron chi connectivity index (χ1n) is 6.93. The van der Waals surface area contributed by atoms with Crippen molar-refractivity contribution in [3.05, 3.63) is 28.2 Å². The minimum atomic E-state index is 0.612. The van der Waals surface area contributed by atoms with E-state index in [2.05, 4.69) is 12.2 Å². The Kier molecular flexibility index (Phi) is 8.28. The second kappa shape index (κ2) is 9.52. The molecular weight excluding hydrogens is 265 g/mol. The summed E-state index contributed by atoms with van der Waals surface area (Å²) in [5, 5.41) is 4.58. The highest BCUT2D eigenvalue weighted by Crippen LogP contribution is 2.29. The summed E-state index contributed by atoms with van der Waals surface area (Å²) in [6, 6.07) is 5.69. The van der Waals surface area contributed by atoms with Gasteiger partial charge in [-0.05, 0) is 18.6 Å². The number of unbranched alkanes of at least 4 members (excludes halogenated alkanes) is 6. The molecule has 0 aliphatic heterocycles. The van der Waals surface area contributed by atoms with Crippen molar-refractivity contribution in [3.8, 4) is 0 Å². The van der Waals surface area contributed by atoms with Crippen molar-refractivity contribution in [1.82, 2.24) is 0 Å². The highest BCUT2D eigenvalue weighted by atomic mass is 35.5. The van der Waals surface area contributed by atoms with Crippen LogP contribution in [0.3, 0.4) is 0 Å². The van der Waals surface area contributed by atoms with E-state index in [0.717, 1.165) is 12.2 Å². The molecule has 102 valence electrons. The van der Waals surface area contributed by atoms with Gasteiger partial charge >= 0.3 is 0 Å². The van der Waals surface area contributed by atoms with E-state index in [4.69, 9.17) is 23.2 Å². The molecule has 1 aromatic carbocycles. The fourth-order valence-electron chi connectivity index (χ4n) is 1.95. The fraction of sp³-hybridized carbons (Fsp3) is 0.600. The maximum Gasteiger partial charge on any atom is 0.0823 e. The van der Waals surface area contributed by atoms with Gasteiger partial charge in [-0.2, -0.15) is 0 Å². The lowest BCUT2D eigenvalue weighted by atomic mass is 10.1. The van der Waals surface area contributed by atoms with Crippen molar-refractivity contribution in [3.63, 3.8) is 0 Å². The molecule has 0 radical (unpaired) electrons. The average Bonchev–Trinajstić information content (AvgIpc) is 2.37. The molecule has 0 heterocycles. The lowest BCUT2D eigenvalue weighted by Gasteiger charge is -2.09. The van der Waals surface area contributed by atoms with Gasteiger partial charge in [-0.15, -0.1) is 0 Å². The zero-order valence-corrected chi connectivity index (χ0v) is 12.7. The standard InChI is InChI=1S/C15H23Cl2N/c1-2-3-4-5-6-7-8-12-18-14-11-9-10-13(16)15(14)17/h9-11,18H,2-8,12H2,1H3. The topological polar surface area (TPSA) is 12.0 Å². The van der Waals surface area contributed by atoms with E-state index in [1.807, 2.05) is 18.2 Å². The third kappa shape index (κ3) is 5.97. The van der Waals surface area contributed by atoms with Crippen molar-refractivity contribution in [2.45, 2.75) is 51.9 Å². The van der Waals surface area contributed by atoms with Crippen LogP contribution < -0.4 is 5.32 Å². The Hall–Kier alpha value is -0.400. The van der Waals surface area contributed by atoms with Gasteiger partial charge in [0, 0.05) is 6.54 Å². The maximum absolute atomic E-state index is 6.10. The van der Waals surface area contributed by atoms with Gasteiger partial charge in [-0.1, -0.05) is 74.7 Å². The third-order valence-electron chi connectivity index (χ3n) is 3.05. The largest absolute Gasteiger partial charge is 0.384 e. The van der Waals surface area contributed by atoms with Crippen LogP contribution in [0.4, 0.5) is 5.69 Å². The fourth-order valence-corrected chi connectivity index (χ4v) is 2.31. The van der Waals surface area contributed by atoms with E-state index < -0.39 is 0 Å². The summed E-state index contributed by atoms with van der Waals surface area (Å²) in [4.78, 5) is 0. The van der Waals surface area contributed by atoms with Crippen LogP contribution in [-0.4, -0.2) is 6.54 Å². The van der Waals surface area contributed by atoms with E-state index in [-0.39, 0.29) is 0 Å². The molecule has 0 aliphatic carbocycles. The molecule has 1 aromatic rings. The number of hydrogen-bond acceptors (Lipinski definition) is 1. The molecule has 1 rings (SSSR count). The van der Waals surface area contributed by atoms with Crippen LogP contribution in [-0.2, 0) is 0 Å². The number of hydrogen-bond donors (Lipinski definition) is 1. The quantitative estimate of drug-likeness (QED) is 0.537. The Bertz CT molecular complexity index is 339. The van der Waals surface area contributed by atoms with Gasteiger partial charge in [0.05, 0.1) is 15.7 Å². The molecular formula is C15H23Cl2N. The van der Waals surface area contributed by atoms with Gasteiger partial charge in [-0.25, -0.2) is 0 Å². The third-order valence-corrected chi connectivity index (χ3v) is 3.87. The Morgan fingerprint density at radius 1 is 0.944 bits per heavy atom. The second-order valence-corrected chi connectivity index (χ2v) is 5.43. The second-order valence-electron chi connectivity index (χ2n) is 4.65. The van der Waals surface area contributed by atoms with E-state index in [1.54, 1.807) is 0 Å². The number of rotatable bonds is 9. The summed E-state index contributed by atoms with van der Waals surface area (Å²) in [6.07, 6.45) is 9.25. The molecule has 0 saturated carbocycles. The SMILES string of the molecule is CCCCCCCCCNc1cccc(Cl)c1Cl. The summed E-state index contributed by atoms with van der Waals surface area (Å²) in [6.45, 7) is 3.21. The molecule has 1 nitrogen and oxygen atoms in total. The van der Waals surface area contributed by atoms with Crippen LogP contribution in [0.15, 0.2) is 18.2 Å². The molecule has 0 spiro atoms. The van der Waals surface area contributed by atoms with Crippen LogP contribution >= 0.6 is 23.2 Å². The highest BCUT2D eigenvalue weighted by molar-refractivity contribution is 6.43. The van der Waals surface area contributed by atoms with E-state index in [0.29, 0.717) is 10.0 Å². The first kappa shape index (κ1) is 15.7. The first-order chi connectivity index (χ1) is 8.75. The van der Waals surface area contributed by atoms with Gasteiger partial charge in [0.2, 0.25) is 0 Å². The number of nitrogens with one attached hydrogen (secondary N) is 1. The van der Waals surface area contributed by atoms with Gasteiger partial charge in [0.15, 0.2) is 0 Å². The maximum atomic E-state index is 6.10. The van der Waals surface area contributed by atoms with Crippen LogP contribution in [0.1, 0.15) is 51.9 Å². The lowest BCUT2D eigenvalue weighted by molar-refractivity contribution is 0.596. The molecule has 0 saturated heterocycles. The van der Waals surface area contributed by atoms with Crippen LogP contribution in [0.5, 0.6) is 0 Å².